The van der Waals surface area contributed by atoms with Gasteiger partial charge in [0.25, 0.3) is 0 Å². The normalized spacial score (nSPS) is 11.8. The maximum absolute atomic E-state index is 9.51. The zero-order valence-corrected chi connectivity index (χ0v) is 11.9. The van der Waals surface area contributed by atoms with Crippen molar-refractivity contribution in [1.82, 2.24) is 0 Å². The third kappa shape index (κ3) is 3.15. The molecular formula is C16H19NO3. The van der Waals surface area contributed by atoms with Gasteiger partial charge in [-0.1, -0.05) is 12.1 Å². The SMILES string of the molecule is COc1ccc(NC(C)c2cccc(O)c2)cc1OC. The minimum atomic E-state index is 0.0696. The first-order chi connectivity index (χ1) is 9.63. The van der Waals surface area contributed by atoms with E-state index in [1.165, 1.54) is 0 Å². The summed E-state index contributed by atoms with van der Waals surface area (Å²) in [5, 5.41) is 12.9. The molecule has 1 unspecified atom stereocenters. The predicted molar refractivity (Wildman–Crippen MR) is 79.7 cm³/mol. The van der Waals surface area contributed by atoms with Gasteiger partial charge in [0.15, 0.2) is 11.5 Å². The number of hydrogen-bond donors (Lipinski definition) is 2. The van der Waals surface area contributed by atoms with E-state index >= 15 is 0 Å². The first kappa shape index (κ1) is 14.1. The largest absolute Gasteiger partial charge is 0.508 e. The van der Waals surface area contributed by atoms with Gasteiger partial charge in [-0.3, -0.25) is 0 Å². The molecule has 4 heteroatoms. The molecule has 2 N–H and O–H groups in total. The standard InChI is InChI=1S/C16H19NO3/c1-11(12-5-4-6-14(18)9-12)17-13-7-8-15(19-2)16(10-13)20-3/h4-11,17-18H,1-3H3. The van der Waals surface area contributed by atoms with E-state index in [0.29, 0.717) is 11.5 Å². The van der Waals surface area contributed by atoms with Crippen molar-refractivity contribution in [3.8, 4) is 17.2 Å². The zero-order chi connectivity index (χ0) is 14.5. The van der Waals surface area contributed by atoms with Crippen LogP contribution in [0.5, 0.6) is 17.2 Å². The van der Waals surface area contributed by atoms with E-state index < -0.39 is 0 Å². The lowest BCUT2D eigenvalue weighted by Gasteiger charge is -2.17. The van der Waals surface area contributed by atoms with Crippen LogP contribution in [0.4, 0.5) is 5.69 Å². The number of phenols is 1. The molecule has 0 spiro atoms. The fourth-order valence-electron chi connectivity index (χ4n) is 2.05. The second-order valence-electron chi connectivity index (χ2n) is 4.53. The Hall–Kier alpha value is -2.36. The van der Waals surface area contributed by atoms with E-state index in [1.807, 2.05) is 37.3 Å². The predicted octanol–water partition coefficient (Wildman–Crippen LogP) is 3.58. The van der Waals surface area contributed by atoms with Crippen molar-refractivity contribution in [1.29, 1.82) is 0 Å². The summed E-state index contributed by atoms with van der Waals surface area (Å²) in [5.74, 6) is 1.65. The average Bonchev–Trinajstić information content (AvgIpc) is 2.47. The topological polar surface area (TPSA) is 50.7 Å². The first-order valence-corrected chi connectivity index (χ1v) is 6.41. The zero-order valence-electron chi connectivity index (χ0n) is 11.9. The molecule has 0 aliphatic heterocycles. The molecule has 0 amide bonds. The van der Waals surface area contributed by atoms with Crippen LogP contribution in [-0.4, -0.2) is 19.3 Å². The lowest BCUT2D eigenvalue weighted by atomic mass is 10.1. The van der Waals surface area contributed by atoms with E-state index in [2.05, 4.69) is 5.32 Å². The quantitative estimate of drug-likeness (QED) is 0.874. The van der Waals surface area contributed by atoms with E-state index in [0.717, 1.165) is 11.3 Å². The Kier molecular flexibility index (Phi) is 4.35. The van der Waals surface area contributed by atoms with Crippen molar-refractivity contribution in [3.63, 3.8) is 0 Å². The van der Waals surface area contributed by atoms with Crippen molar-refractivity contribution >= 4 is 5.69 Å². The molecule has 0 fully saturated rings. The number of hydrogen-bond acceptors (Lipinski definition) is 4. The molecule has 0 saturated carbocycles. The van der Waals surface area contributed by atoms with Crippen molar-refractivity contribution in [3.05, 3.63) is 48.0 Å². The minimum Gasteiger partial charge on any atom is -0.508 e. The van der Waals surface area contributed by atoms with Crippen LogP contribution in [0.1, 0.15) is 18.5 Å². The number of methoxy groups -OCH3 is 2. The van der Waals surface area contributed by atoms with E-state index in [4.69, 9.17) is 9.47 Å². The van der Waals surface area contributed by atoms with E-state index in [1.54, 1.807) is 26.4 Å². The fourth-order valence-corrected chi connectivity index (χ4v) is 2.05. The van der Waals surface area contributed by atoms with Gasteiger partial charge in [-0.25, -0.2) is 0 Å². The van der Waals surface area contributed by atoms with Gasteiger partial charge >= 0.3 is 0 Å². The van der Waals surface area contributed by atoms with Gasteiger partial charge in [-0.05, 0) is 36.8 Å². The molecule has 0 heterocycles. The van der Waals surface area contributed by atoms with Gasteiger partial charge in [0.2, 0.25) is 0 Å². The summed E-state index contributed by atoms with van der Waals surface area (Å²) < 4.78 is 10.5. The van der Waals surface area contributed by atoms with Crippen LogP contribution >= 0.6 is 0 Å². The molecular weight excluding hydrogens is 254 g/mol. The molecule has 0 aromatic heterocycles. The van der Waals surface area contributed by atoms with Gasteiger partial charge in [0, 0.05) is 17.8 Å². The van der Waals surface area contributed by atoms with Crippen LogP contribution in [0.3, 0.4) is 0 Å². The van der Waals surface area contributed by atoms with E-state index in [-0.39, 0.29) is 11.8 Å². The molecule has 1 atom stereocenters. The maximum Gasteiger partial charge on any atom is 0.162 e. The number of aromatic hydroxyl groups is 1. The fraction of sp³-hybridized carbons (Fsp3) is 0.250. The van der Waals surface area contributed by atoms with Crippen LogP contribution in [0.2, 0.25) is 0 Å². The van der Waals surface area contributed by atoms with Crippen LogP contribution in [0.25, 0.3) is 0 Å². The van der Waals surface area contributed by atoms with Crippen molar-refractivity contribution < 1.29 is 14.6 Å². The molecule has 20 heavy (non-hydrogen) atoms. The molecule has 0 aliphatic carbocycles. The van der Waals surface area contributed by atoms with Gasteiger partial charge in [-0.15, -0.1) is 0 Å². The monoisotopic (exact) mass is 273 g/mol. The minimum absolute atomic E-state index is 0.0696. The molecule has 0 aliphatic rings. The number of anilines is 1. The van der Waals surface area contributed by atoms with Crippen molar-refractivity contribution in [2.24, 2.45) is 0 Å². The Morgan fingerprint density at radius 1 is 1.00 bits per heavy atom. The highest BCUT2D eigenvalue weighted by Crippen LogP contribution is 2.31. The molecule has 2 aromatic carbocycles. The molecule has 0 bridgehead atoms. The first-order valence-electron chi connectivity index (χ1n) is 6.41. The Morgan fingerprint density at radius 2 is 1.75 bits per heavy atom. The third-order valence-corrected chi connectivity index (χ3v) is 3.14. The molecule has 0 saturated heterocycles. The number of phenolic OH excluding ortho intramolecular Hbond substituents is 1. The maximum atomic E-state index is 9.51. The Morgan fingerprint density at radius 3 is 2.40 bits per heavy atom. The van der Waals surface area contributed by atoms with Crippen LogP contribution in [0.15, 0.2) is 42.5 Å². The van der Waals surface area contributed by atoms with Gasteiger partial charge in [0.05, 0.1) is 14.2 Å². The number of rotatable bonds is 5. The lowest BCUT2D eigenvalue weighted by Crippen LogP contribution is -2.06. The Labute approximate surface area is 119 Å². The molecule has 0 radical (unpaired) electrons. The summed E-state index contributed by atoms with van der Waals surface area (Å²) in [6.45, 7) is 2.03. The second-order valence-corrected chi connectivity index (χ2v) is 4.53. The lowest BCUT2D eigenvalue weighted by molar-refractivity contribution is 0.355. The molecule has 2 rings (SSSR count). The average molecular weight is 273 g/mol. The Balaban J connectivity index is 2.17. The van der Waals surface area contributed by atoms with Gasteiger partial charge in [0.1, 0.15) is 5.75 Å². The third-order valence-electron chi connectivity index (χ3n) is 3.14. The summed E-state index contributed by atoms with van der Waals surface area (Å²) in [5.41, 5.74) is 1.94. The summed E-state index contributed by atoms with van der Waals surface area (Å²) in [6.07, 6.45) is 0. The number of nitrogens with one attached hydrogen (secondary N) is 1. The summed E-state index contributed by atoms with van der Waals surface area (Å²) >= 11 is 0. The molecule has 4 nitrogen and oxygen atoms in total. The van der Waals surface area contributed by atoms with E-state index in [9.17, 15) is 5.11 Å². The molecule has 2 aromatic rings. The Bertz CT molecular complexity index is 584. The number of ether oxygens (including phenoxy) is 2. The highest BCUT2D eigenvalue weighted by molar-refractivity contribution is 5.55. The molecule has 106 valence electrons. The highest BCUT2D eigenvalue weighted by atomic mass is 16.5. The summed E-state index contributed by atoms with van der Waals surface area (Å²) in [6, 6.07) is 13.0. The second kappa shape index (κ2) is 6.19. The van der Waals surface area contributed by atoms with Gasteiger partial charge in [-0.2, -0.15) is 0 Å². The summed E-state index contributed by atoms with van der Waals surface area (Å²) in [7, 11) is 3.22. The van der Waals surface area contributed by atoms with Gasteiger partial charge < -0.3 is 19.9 Å². The summed E-state index contributed by atoms with van der Waals surface area (Å²) in [4.78, 5) is 0. The number of benzene rings is 2. The van der Waals surface area contributed by atoms with Crippen LogP contribution < -0.4 is 14.8 Å². The van der Waals surface area contributed by atoms with Crippen molar-refractivity contribution in [2.45, 2.75) is 13.0 Å². The highest BCUT2D eigenvalue weighted by Gasteiger charge is 2.09. The van der Waals surface area contributed by atoms with Crippen LogP contribution in [-0.2, 0) is 0 Å². The van der Waals surface area contributed by atoms with Crippen LogP contribution in [0, 0.1) is 0 Å². The smallest absolute Gasteiger partial charge is 0.162 e. The van der Waals surface area contributed by atoms with Crippen molar-refractivity contribution in [2.75, 3.05) is 19.5 Å².